The van der Waals surface area contributed by atoms with E-state index >= 15 is 0 Å². The highest BCUT2D eigenvalue weighted by molar-refractivity contribution is 7.85. The van der Waals surface area contributed by atoms with E-state index in [9.17, 15) is 9.32 Å². The van der Waals surface area contributed by atoms with Crippen molar-refractivity contribution in [2.45, 2.75) is 51.7 Å². The Morgan fingerprint density at radius 3 is 2.68 bits per heavy atom. The summed E-state index contributed by atoms with van der Waals surface area (Å²) in [6.45, 7) is 7.01. The van der Waals surface area contributed by atoms with Gasteiger partial charge >= 0.3 is 0 Å². The van der Waals surface area contributed by atoms with Gasteiger partial charge in [0.2, 0.25) is 5.28 Å². The Bertz CT molecular complexity index is 850. The zero-order valence-electron chi connectivity index (χ0n) is 16.5. The Balaban J connectivity index is 1.81. The molecule has 0 saturated carbocycles. The number of nitrogens with one attached hydrogen (secondary N) is 1. The third-order valence-corrected chi connectivity index (χ3v) is 6.17. The predicted octanol–water partition coefficient (Wildman–Crippen LogP) is 2.38. The van der Waals surface area contributed by atoms with E-state index in [1.54, 1.807) is 0 Å². The van der Waals surface area contributed by atoms with Crippen molar-refractivity contribution in [1.29, 1.82) is 0 Å². The van der Waals surface area contributed by atoms with Crippen LogP contribution >= 0.6 is 11.6 Å². The molecular formula is C18H27ClN6O2S. The molecule has 2 aromatic rings. The molecule has 0 aliphatic carbocycles. The van der Waals surface area contributed by atoms with Gasteiger partial charge in [0.1, 0.15) is 17.4 Å². The topological polar surface area (TPSA) is 104 Å². The molecule has 1 unspecified atom stereocenters. The van der Waals surface area contributed by atoms with Crippen molar-refractivity contribution < 1.29 is 9.32 Å². The Morgan fingerprint density at radius 2 is 2.00 bits per heavy atom. The number of fused-ring (bicyclic) bond motifs is 1. The lowest BCUT2D eigenvalue weighted by Gasteiger charge is -2.28. The van der Waals surface area contributed by atoms with E-state index in [1.165, 1.54) is 6.33 Å². The van der Waals surface area contributed by atoms with Crippen LogP contribution in [-0.4, -0.2) is 65.5 Å². The minimum absolute atomic E-state index is 0.140. The molecule has 0 amide bonds. The molecule has 0 spiro atoms. The maximum absolute atomic E-state index is 11.7. The fourth-order valence-corrected chi connectivity index (χ4v) is 4.44. The molecule has 1 fully saturated rings. The minimum atomic E-state index is -0.777. The van der Waals surface area contributed by atoms with Crippen molar-refractivity contribution in [2.75, 3.05) is 34.8 Å². The average molecular weight is 427 g/mol. The lowest BCUT2D eigenvalue weighted by Crippen LogP contribution is -2.38. The van der Waals surface area contributed by atoms with E-state index in [0.717, 1.165) is 19.3 Å². The smallest absolute Gasteiger partial charge is 0.225 e. The van der Waals surface area contributed by atoms with Crippen molar-refractivity contribution in [1.82, 2.24) is 19.9 Å². The first-order valence-electron chi connectivity index (χ1n) is 9.50. The Morgan fingerprint density at radius 1 is 1.29 bits per heavy atom. The van der Waals surface area contributed by atoms with Gasteiger partial charge in [-0.05, 0) is 51.6 Å². The van der Waals surface area contributed by atoms with Crippen LogP contribution in [-0.2, 0) is 10.8 Å². The first-order chi connectivity index (χ1) is 13.2. The predicted molar refractivity (Wildman–Crippen MR) is 113 cm³/mol. The van der Waals surface area contributed by atoms with E-state index in [2.05, 4.69) is 37.1 Å². The van der Waals surface area contributed by atoms with E-state index in [-0.39, 0.29) is 11.3 Å². The fourth-order valence-electron chi connectivity index (χ4n) is 3.23. The molecule has 3 heterocycles. The lowest BCUT2D eigenvalue weighted by molar-refractivity contribution is 0.0680. The van der Waals surface area contributed by atoms with Gasteiger partial charge in [0.25, 0.3) is 0 Å². The average Bonchev–Trinajstić information content (AvgIpc) is 2.61. The van der Waals surface area contributed by atoms with Crippen LogP contribution in [0.1, 0.15) is 40.0 Å². The van der Waals surface area contributed by atoms with Crippen LogP contribution in [0.4, 0.5) is 11.6 Å². The summed E-state index contributed by atoms with van der Waals surface area (Å²) in [4.78, 5) is 19.5. The van der Waals surface area contributed by atoms with Crippen LogP contribution in [0.15, 0.2) is 6.33 Å². The molecule has 1 aliphatic rings. The van der Waals surface area contributed by atoms with Crippen molar-refractivity contribution in [3.05, 3.63) is 11.6 Å². The molecule has 2 aromatic heterocycles. The van der Waals surface area contributed by atoms with Crippen LogP contribution in [0, 0.1) is 0 Å². The Hall–Kier alpha value is -1.58. The molecule has 0 bridgehead atoms. The van der Waals surface area contributed by atoms with E-state index < -0.39 is 16.4 Å². The van der Waals surface area contributed by atoms with Crippen molar-refractivity contribution in [3.8, 4) is 0 Å². The number of rotatable bonds is 7. The van der Waals surface area contributed by atoms with Gasteiger partial charge in [0.05, 0.1) is 5.60 Å². The molecule has 0 aromatic carbocycles. The summed E-state index contributed by atoms with van der Waals surface area (Å²) >= 11 is 6.19. The monoisotopic (exact) mass is 426 g/mol. The normalized spacial score (nSPS) is 17.1. The summed E-state index contributed by atoms with van der Waals surface area (Å²) in [5, 5.41) is 13.4. The van der Waals surface area contributed by atoms with Gasteiger partial charge in [0, 0.05) is 41.4 Å². The molecule has 0 radical (unpaired) electrons. The van der Waals surface area contributed by atoms with Crippen LogP contribution in [0.25, 0.3) is 11.0 Å². The molecule has 1 atom stereocenters. The zero-order chi connectivity index (χ0) is 20.3. The number of aliphatic hydroxyl groups is 1. The molecule has 154 valence electrons. The number of aromatic nitrogens is 4. The molecule has 1 aliphatic heterocycles. The summed E-state index contributed by atoms with van der Waals surface area (Å²) in [6, 6.07) is 0.148. The SMILES string of the molecule is CC(CCCC(C)(C)O)Nc1ncnc2c(N3CCS(=O)CC3)nc(Cl)nc12. The zero-order valence-corrected chi connectivity index (χ0v) is 18.1. The third kappa shape index (κ3) is 5.48. The van der Waals surface area contributed by atoms with Gasteiger partial charge in [-0.15, -0.1) is 0 Å². The lowest BCUT2D eigenvalue weighted by atomic mass is 10.00. The summed E-state index contributed by atoms with van der Waals surface area (Å²) in [5.41, 5.74) is 0.562. The van der Waals surface area contributed by atoms with Gasteiger partial charge in [0.15, 0.2) is 11.6 Å². The summed E-state index contributed by atoms with van der Waals surface area (Å²) < 4.78 is 11.7. The van der Waals surface area contributed by atoms with Crippen LogP contribution < -0.4 is 10.2 Å². The van der Waals surface area contributed by atoms with E-state index in [4.69, 9.17) is 11.6 Å². The second-order valence-electron chi connectivity index (χ2n) is 7.82. The second kappa shape index (κ2) is 8.84. The standard InChI is InChI=1S/C18H27ClN6O2S/c1-12(5-4-6-18(2,3)26)22-15-13-14(20-11-21-15)16(24-17(19)23-13)25-7-9-28(27)10-8-25/h11-12,26H,4-10H2,1-3H3,(H,20,21,22). The molecule has 3 rings (SSSR count). The second-order valence-corrected chi connectivity index (χ2v) is 9.86. The van der Waals surface area contributed by atoms with Crippen molar-refractivity contribution >= 4 is 45.1 Å². The van der Waals surface area contributed by atoms with Gasteiger partial charge in [-0.1, -0.05) is 0 Å². The summed E-state index contributed by atoms with van der Waals surface area (Å²) in [7, 11) is -0.777. The molecular weight excluding hydrogens is 400 g/mol. The highest BCUT2D eigenvalue weighted by Gasteiger charge is 2.22. The van der Waals surface area contributed by atoms with E-state index in [1.807, 2.05) is 13.8 Å². The van der Waals surface area contributed by atoms with E-state index in [0.29, 0.717) is 47.3 Å². The molecule has 8 nitrogen and oxygen atoms in total. The van der Waals surface area contributed by atoms with Crippen molar-refractivity contribution in [2.24, 2.45) is 0 Å². The highest BCUT2D eigenvalue weighted by atomic mass is 35.5. The Labute approximate surface area is 172 Å². The number of nitrogens with zero attached hydrogens (tertiary/aromatic N) is 5. The van der Waals surface area contributed by atoms with Gasteiger partial charge in [-0.3, -0.25) is 4.21 Å². The third-order valence-electron chi connectivity index (χ3n) is 4.72. The maximum Gasteiger partial charge on any atom is 0.225 e. The molecule has 10 heteroatoms. The number of anilines is 2. The fraction of sp³-hybridized carbons (Fsp3) is 0.667. The van der Waals surface area contributed by atoms with Gasteiger partial charge < -0.3 is 15.3 Å². The summed E-state index contributed by atoms with van der Waals surface area (Å²) in [5.74, 6) is 2.49. The van der Waals surface area contributed by atoms with Crippen LogP contribution in [0.2, 0.25) is 5.28 Å². The number of hydrogen-bond acceptors (Lipinski definition) is 8. The largest absolute Gasteiger partial charge is 0.390 e. The molecule has 2 N–H and O–H groups in total. The Kier molecular flexibility index (Phi) is 6.67. The molecule has 28 heavy (non-hydrogen) atoms. The first kappa shape index (κ1) is 21.1. The first-order valence-corrected chi connectivity index (χ1v) is 11.4. The maximum atomic E-state index is 11.7. The highest BCUT2D eigenvalue weighted by Crippen LogP contribution is 2.28. The van der Waals surface area contributed by atoms with Crippen molar-refractivity contribution in [3.63, 3.8) is 0 Å². The minimum Gasteiger partial charge on any atom is -0.390 e. The van der Waals surface area contributed by atoms with Crippen LogP contribution in [0.5, 0.6) is 0 Å². The molecule has 1 saturated heterocycles. The van der Waals surface area contributed by atoms with Gasteiger partial charge in [-0.2, -0.15) is 4.98 Å². The summed E-state index contributed by atoms with van der Waals surface area (Å²) in [6.07, 6.45) is 4.01. The number of halogens is 1. The van der Waals surface area contributed by atoms with Gasteiger partial charge in [-0.25, -0.2) is 15.0 Å². The van der Waals surface area contributed by atoms with Crippen LogP contribution in [0.3, 0.4) is 0 Å². The quantitative estimate of drug-likeness (QED) is 0.650. The number of hydrogen-bond donors (Lipinski definition) is 2.